The number of aryl methyl sites for hydroxylation is 2. The van der Waals surface area contributed by atoms with Crippen LogP contribution < -0.4 is 11.2 Å². The van der Waals surface area contributed by atoms with Gasteiger partial charge in [-0.05, 0) is 17.5 Å². The van der Waals surface area contributed by atoms with E-state index in [0.717, 1.165) is 38.2 Å². The van der Waals surface area contributed by atoms with Crippen molar-refractivity contribution in [3.05, 3.63) is 98.5 Å². The Hall–Kier alpha value is -3.45. The molecule has 2 aromatic carbocycles. The average Bonchev–Trinajstić information content (AvgIpc) is 3.18. The van der Waals surface area contributed by atoms with Crippen LogP contribution in [0.3, 0.4) is 0 Å². The van der Waals surface area contributed by atoms with E-state index in [0.29, 0.717) is 24.3 Å². The molecule has 4 aromatic rings. The third-order valence-electron chi connectivity index (χ3n) is 5.93. The summed E-state index contributed by atoms with van der Waals surface area (Å²) in [6.07, 6.45) is 3.11. The van der Waals surface area contributed by atoms with Crippen molar-refractivity contribution < 1.29 is 0 Å². The number of nitrogens with zero attached hydrogens (tertiary/aromatic N) is 4. The second-order valence-corrected chi connectivity index (χ2v) is 8.49. The van der Waals surface area contributed by atoms with Gasteiger partial charge in [-0.25, -0.2) is 9.78 Å². The van der Waals surface area contributed by atoms with E-state index in [9.17, 15) is 9.59 Å². The lowest BCUT2D eigenvalue weighted by Crippen LogP contribution is -2.29. The van der Waals surface area contributed by atoms with E-state index in [4.69, 9.17) is 4.98 Å². The molecule has 1 N–H and O–H groups in total. The smallest absolute Gasteiger partial charge is 0.321 e. The highest BCUT2D eigenvalue weighted by atomic mass is 16.2. The molecule has 4 rings (SSSR count). The maximum absolute atomic E-state index is 12.7. The molecular weight excluding hydrogens is 414 g/mol. The molecule has 0 aliphatic carbocycles. The molecule has 7 nitrogen and oxygen atoms in total. The molecule has 0 aliphatic rings. The Balaban J connectivity index is 1.74. The fraction of sp³-hybridized carbons (Fsp3) is 0.346. The number of hydrogen-bond donors (Lipinski definition) is 1. The lowest BCUT2D eigenvalue weighted by Gasteiger charge is -2.23. The van der Waals surface area contributed by atoms with E-state index in [1.54, 1.807) is 7.05 Å². The Morgan fingerprint density at radius 1 is 0.879 bits per heavy atom. The van der Waals surface area contributed by atoms with E-state index in [2.05, 4.69) is 41.1 Å². The monoisotopic (exact) mass is 445 g/mol. The number of rotatable bonds is 10. The Kier molecular flexibility index (Phi) is 7.19. The van der Waals surface area contributed by atoms with Crippen molar-refractivity contribution in [1.29, 1.82) is 0 Å². The van der Waals surface area contributed by atoms with E-state index in [1.165, 1.54) is 15.7 Å². The predicted molar refractivity (Wildman–Crippen MR) is 131 cm³/mol. The van der Waals surface area contributed by atoms with E-state index in [-0.39, 0.29) is 5.56 Å². The quantitative estimate of drug-likeness (QED) is 0.377. The minimum Gasteiger partial charge on any atom is -0.321 e. The molecule has 0 spiro atoms. The van der Waals surface area contributed by atoms with Crippen LogP contribution in [-0.4, -0.2) is 24.0 Å². The second-order valence-electron chi connectivity index (χ2n) is 8.49. The summed E-state index contributed by atoms with van der Waals surface area (Å²) >= 11 is 0. The number of benzene rings is 2. The number of imidazole rings is 1. The van der Waals surface area contributed by atoms with Crippen LogP contribution in [0.2, 0.25) is 0 Å². The number of unbranched alkanes of at least 4 members (excludes halogenated alkanes) is 2. The Morgan fingerprint density at radius 2 is 1.48 bits per heavy atom. The number of H-pyrrole nitrogens is 1. The van der Waals surface area contributed by atoms with Crippen molar-refractivity contribution in [3.63, 3.8) is 0 Å². The molecular formula is C26H31N5O2. The van der Waals surface area contributed by atoms with Crippen LogP contribution >= 0.6 is 0 Å². The molecule has 0 unspecified atom stereocenters. The van der Waals surface area contributed by atoms with Crippen molar-refractivity contribution in [2.24, 2.45) is 7.05 Å². The molecule has 0 radical (unpaired) electrons. The molecule has 0 amide bonds. The zero-order valence-electron chi connectivity index (χ0n) is 19.3. The van der Waals surface area contributed by atoms with Crippen LogP contribution in [0.1, 0.15) is 43.1 Å². The first-order valence-corrected chi connectivity index (χ1v) is 11.6. The van der Waals surface area contributed by atoms with Gasteiger partial charge in [-0.15, -0.1) is 0 Å². The zero-order valence-corrected chi connectivity index (χ0v) is 19.3. The largest absolute Gasteiger partial charge is 0.329 e. The molecule has 7 heteroatoms. The molecule has 33 heavy (non-hydrogen) atoms. The molecule has 2 aromatic heterocycles. The molecule has 0 fully saturated rings. The maximum atomic E-state index is 12.7. The molecule has 0 atom stereocenters. The highest BCUT2D eigenvalue weighted by Gasteiger charge is 2.19. The molecule has 172 valence electrons. The molecule has 0 bridgehead atoms. The highest BCUT2D eigenvalue weighted by Crippen LogP contribution is 2.18. The fourth-order valence-corrected chi connectivity index (χ4v) is 4.21. The van der Waals surface area contributed by atoms with Crippen molar-refractivity contribution in [1.82, 2.24) is 24.0 Å². The normalized spacial score (nSPS) is 11.5. The van der Waals surface area contributed by atoms with Crippen molar-refractivity contribution in [2.75, 3.05) is 0 Å². The summed E-state index contributed by atoms with van der Waals surface area (Å²) in [4.78, 5) is 34.5. The van der Waals surface area contributed by atoms with Crippen LogP contribution in [0.25, 0.3) is 11.2 Å². The van der Waals surface area contributed by atoms with Gasteiger partial charge in [0.05, 0.1) is 6.54 Å². The van der Waals surface area contributed by atoms with E-state index in [1.807, 2.05) is 41.0 Å². The Labute approximate surface area is 193 Å². The van der Waals surface area contributed by atoms with Crippen LogP contribution in [0.4, 0.5) is 0 Å². The van der Waals surface area contributed by atoms with Gasteiger partial charge in [-0.2, -0.15) is 0 Å². The van der Waals surface area contributed by atoms with E-state index < -0.39 is 5.69 Å². The lowest BCUT2D eigenvalue weighted by atomic mass is 10.1. The van der Waals surface area contributed by atoms with Gasteiger partial charge in [-0.3, -0.25) is 19.2 Å². The number of fused-ring (bicyclic) bond motifs is 1. The van der Waals surface area contributed by atoms with Crippen molar-refractivity contribution in [3.8, 4) is 0 Å². The Bertz CT molecular complexity index is 1260. The molecule has 2 heterocycles. The van der Waals surface area contributed by atoms with Crippen LogP contribution in [0, 0.1) is 0 Å². The van der Waals surface area contributed by atoms with Gasteiger partial charge in [-0.1, -0.05) is 80.4 Å². The number of aromatic nitrogens is 4. The summed E-state index contributed by atoms with van der Waals surface area (Å²) in [6, 6.07) is 20.7. The summed E-state index contributed by atoms with van der Waals surface area (Å²) in [5.74, 6) is 0.805. The lowest BCUT2D eigenvalue weighted by molar-refractivity contribution is 0.238. The van der Waals surface area contributed by atoms with Gasteiger partial charge >= 0.3 is 5.69 Å². The van der Waals surface area contributed by atoms with Crippen molar-refractivity contribution in [2.45, 2.75) is 52.4 Å². The zero-order chi connectivity index (χ0) is 23.2. The van der Waals surface area contributed by atoms with Gasteiger partial charge in [0.2, 0.25) is 0 Å². The topological polar surface area (TPSA) is 75.9 Å². The molecule has 0 saturated heterocycles. The number of hydrogen-bond acceptors (Lipinski definition) is 4. The number of nitrogens with one attached hydrogen (secondary N) is 1. The van der Waals surface area contributed by atoms with Gasteiger partial charge in [0.1, 0.15) is 5.82 Å². The highest BCUT2D eigenvalue weighted by molar-refractivity contribution is 5.70. The number of aromatic amines is 1. The van der Waals surface area contributed by atoms with Gasteiger partial charge < -0.3 is 4.57 Å². The Morgan fingerprint density at radius 3 is 2.06 bits per heavy atom. The minimum absolute atomic E-state index is 0.374. The van der Waals surface area contributed by atoms with Gasteiger partial charge in [0.15, 0.2) is 11.2 Å². The SMILES string of the molecule is CCCCCn1c(CN(Cc2ccccc2)Cc2ccccc2)nc2c1c(=O)[nH]c(=O)n2C. The van der Waals surface area contributed by atoms with Gasteiger partial charge in [0.25, 0.3) is 5.56 Å². The predicted octanol–water partition coefficient (Wildman–Crippen LogP) is 3.82. The van der Waals surface area contributed by atoms with Crippen LogP contribution in [-0.2, 0) is 33.2 Å². The molecule has 0 aliphatic heterocycles. The maximum Gasteiger partial charge on any atom is 0.329 e. The van der Waals surface area contributed by atoms with Crippen molar-refractivity contribution >= 4 is 11.2 Å². The summed E-state index contributed by atoms with van der Waals surface area (Å²) in [5.41, 5.74) is 2.53. The molecule has 0 saturated carbocycles. The second kappa shape index (κ2) is 10.4. The third kappa shape index (κ3) is 5.31. The minimum atomic E-state index is -0.442. The third-order valence-corrected chi connectivity index (χ3v) is 5.93. The average molecular weight is 446 g/mol. The van der Waals surface area contributed by atoms with Gasteiger partial charge in [0, 0.05) is 26.7 Å². The first kappa shape index (κ1) is 22.7. The van der Waals surface area contributed by atoms with Crippen LogP contribution in [0.15, 0.2) is 70.3 Å². The van der Waals surface area contributed by atoms with E-state index >= 15 is 0 Å². The summed E-state index contributed by atoms with van der Waals surface area (Å²) < 4.78 is 3.43. The summed E-state index contributed by atoms with van der Waals surface area (Å²) in [7, 11) is 1.65. The van der Waals surface area contributed by atoms with Crippen LogP contribution in [0.5, 0.6) is 0 Å². The summed E-state index contributed by atoms with van der Waals surface area (Å²) in [6.45, 7) is 4.93. The summed E-state index contributed by atoms with van der Waals surface area (Å²) in [5, 5.41) is 0. The standard InChI is InChI=1S/C26H31N5O2/c1-3-4-11-16-31-22(27-24-23(31)25(32)28-26(33)29(24)2)19-30(17-20-12-7-5-8-13-20)18-21-14-9-6-10-15-21/h5-10,12-15H,3-4,11,16-19H2,1-2H3,(H,28,32,33). The first-order valence-electron chi connectivity index (χ1n) is 11.6. The first-order chi connectivity index (χ1) is 16.1. The fourth-order valence-electron chi connectivity index (χ4n) is 4.21.